The van der Waals surface area contributed by atoms with Gasteiger partial charge in [-0.15, -0.1) is 0 Å². The summed E-state index contributed by atoms with van der Waals surface area (Å²) < 4.78 is 10.9. The van der Waals surface area contributed by atoms with Gasteiger partial charge in [-0.05, 0) is 56.0 Å². The number of nitrogens with one attached hydrogen (secondary N) is 1. The molecule has 0 radical (unpaired) electrons. The lowest BCUT2D eigenvalue weighted by Gasteiger charge is -2.33. The second-order valence-corrected chi connectivity index (χ2v) is 7.61. The Labute approximate surface area is 174 Å². The molecule has 0 spiro atoms. The largest absolute Gasteiger partial charge is 0.497 e. The lowest BCUT2D eigenvalue weighted by Crippen LogP contribution is -2.40. The summed E-state index contributed by atoms with van der Waals surface area (Å²) in [5.74, 6) is 2.35. The molecule has 1 amide bonds. The molecule has 156 valence electrons. The second kappa shape index (κ2) is 10.9. The zero-order valence-corrected chi connectivity index (χ0v) is 17.5. The minimum absolute atomic E-state index is 0.0778. The Morgan fingerprint density at radius 2 is 1.97 bits per heavy atom. The summed E-state index contributed by atoms with van der Waals surface area (Å²) >= 11 is 0. The van der Waals surface area contributed by atoms with Crippen molar-refractivity contribution in [2.24, 2.45) is 5.92 Å². The van der Waals surface area contributed by atoms with E-state index in [9.17, 15) is 4.79 Å². The maximum atomic E-state index is 12.3. The summed E-state index contributed by atoms with van der Waals surface area (Å²) in [7, 11) is 1.64. The van der Waals surface area contributed by atoms with E-state index in [0.717, 1.165) is 56.1 Å². The van der Waals surface area contributed by atoms with E-state index in [-0.39, 0.29) is 5.91 Å². The molecule has 1 aliphatic rings. The van der Waals surface area contributed by atoms with Crippen molar-refractivity contribution in [3.8, 4) is 11.5 Å². The Hall–Kier alpha value is -2.53. The van der Waals surface area contributed by atoms with Crippen LogP contribution in [0.25, 0.3) is 0 Å². The molecule has 3 rings (SSSR count). The number of benzene rings is 2. The number of rotatable bonds is 9. The first-order valence-corrected chi connectivity index (χ1v) is 10.5. The molecular weight excluding hydrogens is 364 g/mol. The molecular formula is C24H32N2O3. The van der Waals surface area contributed by atoms with Crippen molar-refractivity contribution in [2.75, 3.05) is 33.4 Å². The van der Waals surface area contributed by atoms with Crippen molar-refractivity contribution in [1.82, 2.24) is 10.2 Å². The molecule has 1 N–H and O–H groups in total. The fraction of sp³-hybridized carbons (Fsp3) is 0.458. The van der Waals surface area contributed by atoms with Crippen LogP contribution in [-0.2, 0) is 17.8 Å². The van der Waals surface area contributed by atoms with Crippen molar-refractivity contribution in [3.63, 3.8) is 0 Å². The fourth-order valence-electron chi connectivity index (χ4n) is 3.88. The highest BCUT2D eigenvalue weighted by molar-refractivity contribution is 5.78. The van der Waals surface area contributed by atoms with Crippen molar-refractivity contribution in [3.05, 3.63) is 59.7 Å². The Balaban J connectivity index is 1.46. The molecule has 0 aromatic heterocycles. The van der Waals surface area contributed by atoms with Gasteiger partial charge in [0.05, 0.1) is 20.1 Å². The minimum Gasteiger partial charge on any atom is -0.497 e. The van der Waals surface area contributed by atoms with Crippen LogP contribution in [0.4, 0.5) is 0 Å². The predicted octanol–water partition coefficient (Wildman–Crippen LogP) is 3.66. The van der Waals surface area contributed by atoms with E-state index in [1.807, 2.05) is 43.3 Å². The van der Waals surface area contributed by atoms with E-state index >= 15 is 0 Å². The molecule has 5 heteroatoms. The molecule has 0 unspecified atom stereocenters. The van der Waals surface area contributed by atoms with Gasteiger partial charge in [0.2, 0.25) is 5.91 Å². The number of likely N-dealkylation sites (tertiary alicyclic amines) is 1. The summed E-state index contributed by atoms with van der Waals surface area (Å²) in [6.07, 6.45) is 2.73. The van der Waals surface area contributed by atoms with Gasteiger partial charge in [-0.1, -0.05) is 30.3 Å². The van der Waals surface area contributed by atoms with E-state index in [2.05, 4.69) is 22.3 Å². The van der Waals surface area contributed by atoms with Crippen LogP contribution < -0.4 is 14.8 Å². The van der Waals surface area contributed by atoms with Crippen molar-refractivity contribution in [1.29, 1.82) is 0 Å². The highest BCUT2D eigenvalue weighted by Gasteiger charge is 2.21. The van der Waals surface area contributed by atoms with Crippen LogP contribution in [0.1, 0.15) is 30.9 Å². The zero-order valence-electron chi connectivity index (χ0n) is 17.5. The zero-order chi connectivity index (χ0) is 20.5. The molecule has 2 aromatic carbocycles. The number of para-hydroxylation sites is 1. The van der Waals surface area contributed by atoms with Gasteiger partial charge in [-0.25, -0.2) is 0 Å². The van der Waals surface area contributed by atoms with Crippen LogP contribution in [0, 0.1) is 5.92 Å². The molecule has 5 nitrogen and oxygen atoms in total. The first-order chi connectivity index (χ1) is 14.2. The summed E-state index contributed by atoms with van der Waals surface area (Å²) in [5, 5.41) is 3.12. The smallest absolute Gasteiger partial charge is 0.224 e. The Morgan fingerprint density at radius 1 is 1.17 bits per heavy atom. The second-order valence-electron chi connectivity index (χ2n) is 7.61. The van der Waals surface area contributed by atoms with Gasteiger partial charge in [0.25, 0.3) is 0 Å². The number of hydrogen-bond acceptors (Lipinski definition) is 4. The molecule has 1 aliphatic heterocycles. The quantitative estimate of drug-likeness (QED) is 0.703. The lowest BCUT2D eigenvalue weighted by molar-refractivity contribution is -0.120. The number of carbonyl (C=O) groups is 1. The molecule has 29 heavy (non-hydrogen) atoms. The lowest BCUT2D eigenvalue weighted by atomic mass is 9.97. The van der Waals surface area contributed by atoms with E-state index in [1.54, 1.807) is 7.11 Å². The van der Waals surface area contributed by atoms with E-state index in [1.165, 1.54) is 5.56 Å². The maximum absolute atomic E-state index is 12.3. The number of methoxy groups -OCH3 is 1. The topological polar surface area (TPSA) is 50.8 Å². The van der Waals surface area contributed by atoms with Crippen molar-refractivity contribution >= 4 is 5.91 Å². The van der Waals surface area contributed by atoms with Gasteiger partial charge in [0, 0.05) is 25.2 Å². The fourth-order valence-corrected chi connectivity index (χ4v) is 3.88. The molecule has 1 heterocycles. The number of nitrogens with zero attached hydrogens (tertiary/aromatic N) is 1. The molecule has 0 bridgehead atoms. The third-order valence-corrected chi connectivity index (χ3v) is 5.38. The third kappa shape index (κ3) is 6.50. The number of piperidine rings is 1. The van der Waals surface area contributed by atoms with Crippen LogP contribution in [-0.4, -0.2) is 44.2 Å². The van der Waals surface area contributed by atoms with Crippen LogP contribution in [0.3, 0.4) is 0 Å². The molecule has 0 aliphatic carbocycles. The van der Waals surface area contributed by atoms with Gasteiger partial charge in [0.15, 0.2) is 0 Å². The van der Waals surface area contributed by atoms with Gasteiger partial charge >= 0.3 is 0 Å². The van der Waals surface area contributed by atoms with E-state index in [0.29, 0.717) is 18.9 Å². The van der Waals surface area contributed by atoms with Crippen LogP contribution >= 0.6 is 0 Å². The van der Waals surface area contributed by atoms with Crippen LogP contribution in [0.15, 0.2) is 48.5 Å². The number of amides is 1. The van der Waals surface area contributed by atoms with Gasteiger partial charge in [-0.2, -0.15) is 0 Å². The van der Waals surface area contributed by atoms with E-state index < -0.39 is 0 Å². The Morgan fingerprint density at radius 3 is 2.72 bits per heavy atom. The Kier molecular flexibility index (Phi) is 7.94. The summed E-state index contributed by atoms with van der Waals surface area (Å²) in [4.78, 5) is 14.8. The maximum Gasteiger partial charge on any atom is 0.224 e. The van der Waals surface area contributed by atoms with Gasteiger partial charge in [0.1, 0.15) is 11.5 Å². The highest BCUT2D eigenvalue weighted by atomic mass is 16.5. The van der Waals surface area contributed by atoms with Gasteiger partial charge < -0.3 is 14.8 Å². The number of hydrogen-bond donors (Lipinski definition) is 1. The molecule has 0 saturated carbocycles. The Bertz CT molecular complexity index is 776. The monoisotopic (exact) mass is 396 g/mol. The van der Waals surface area contributed by atoms with E-state index in [4.69, 9.17) is 9.47 Å². The summed E-state index contributed by atoms with van der Waals surface area (Å²) in [5.41, 5.74) is 2.24. The average molecular weight is 397 g/mol. The number of ether oxygens (including phenoxy) is 2. The van der Waals surface area contributed by atoms with Crippen molar-refractivity contribution < 1.29 is 14.3 Å². The predicted molar refractivity (Wildman–Crippen MR) is 115 cm³/mol. The molecule has 1 saturated heterocycles. The molecule has 1 fully saturated rings. The first kappa shape index (κ1) is 21.2. The van der Waals surface area contributed by atoms with Crippen molar-refractivity contribution in [2.45, 2.75) is 32.7 Å². The molecule has 2 aromatic rings. The summed E-state index contributed by atoms with van der Waals surface area (Å²) in [6, 6.07) is 15.9. The molecule has 1 atom stereocenters. The van der Waals surface area contributed by atoms with Crippen LogP contribution in [0.5, 0.6) is 11.5 Å². The summed E-state index contributed by atoms with van der Waals surface area (Å²) in [6.45, 7) is 6.42. The van der Waals surface area contributed by atoms with Gasteiger partial charge in [-0.3, -0.25) is 9.69 Å². The SMILES string of the molecule is CCOc1ccccc1CN1CCC[C@@H](CNC(=O)Cc2ccc(OC)cc2)C1. The highest BCUT2D eigenvalue weighted by Crippen LogP contribution is 2.23. The average Bonchev–Trinajstić information content (AvgIpc) is 2.75. The number of carbonyl (C=O) groups excluding carboxylic acids is 1. The standard InChI is InChI=1S/C24H32N2O3/c1-3-29-23-9-5-4-8-21(23)18-26-14-6-7-20(17-26)16-25-24(27)15-19-10-12-22(28-2)13-11-19/h4-5,8-13,20H,3,6-7,14-18H2,1-2H3,(H,25,27)/t20-/m0/s1. The first-order valence-electron chi connectivity index (χ1n) is 10.5. The normalized spacial score (nSPS) is 17.0. The third-order valence-electron chi connectivity index (χ3n) is 5.38. The van der Waals surface area contributed by atoms with Crippen LogP contribution in [0.2, 0.25) is 0 Å². The minimum atomic E-state index is 0.0778.